The predicted molar refractivity (Wildman–Crippen MR) is 313 cm³/mol. The van der Waals surface area contributed by atoms with Crippen molar-refractivity contribution in [2.45, 2.75) is 89.9 Å². The molecule has 18 heteroatoms. The van der Waals surface area contributed by atoms with Crippen LogP contribution in [-0.2, 0) is 73.4 Å². The number of nitrogens with zero attached hydrogens (tertiary/aromatic N) is 3. The molecule has 4 saturated carbocycles. The number of ether oxygens (including phenoxy) is 3. The van der Waals surface area contributed by atoms with E-state index in [2.05, 4.69) is 41.8 Å². The van der Waals surface area contributed by atoms with Gasteiger partial charge in [0.05, 0.1) is 38.4 Å². The Kier molecular flexibility index (Phi) is 30.8. The number of aromatic hydroxyl groups is 3. The first-order valence-corrected chi connectivity index (χ1v) is 43.9. The Labute approximate surface area is 512 Å². The molecule has 0 saturated heterocycles. The van der Waals surface area contributed by atoms with Crippen molar-refractivity contribution in [3.05, 3.63) is 161 Å². The van der Waals surface area contributed by atoms with E-state index in [9.17, 15) is 15.3 Å². The van der Waals surface area contributed by atoms with Crippen molar-refractivity contribution in [3.8, 4) is 34.5 Å². The molecule has 3 N–H and O–H groups in total. The summed E-state index contributed by atoms with van der Waals surface area (Å²) in [6, 6.07) is 40.4. The van der Waals surface area contributed by atoms with Crippen LogP contribution in [0.1, 0.15) is 106 Å². The quantitative estimate of drug-likeness (QED) is 0.0989. The van der Waals surface area contributed by atoms with Gasteiger partial charge in [-0.2, -0.15) is 0 Å². The number of phenols is 3. The van der Waals surface area contributed by atoms with Crippen LogP contribution in [0.15, 0.2) is 142 Å². The zero-order valence-corrected chi connectivity index (χ0v) is 56.3. The summed E-state index contributed by atoms with van der Waals surface area (Å²) in [5.74, 6) is 5.68. The van der Waals surface area contributed by atoms with Crippen LogP contribution in [0.2, 0.25) is 0 Å². The van der Waals surface area contributed by atoms with E-state index in [0.29, 0.717) is 22.6 Å². The van der Waals surface area contributed by atoms with Gasteiger partial charge in [-0.1, -0.05) is 81.8 Å². The van der Waals surface area contributed by atoms with Gasteiger partial charge >= 0.3 is 114 Å². The van der Waals surface area contributed by atoms with Crippen molar-refractivity contribution in [2.75, 3.05) is 21.3 Å². The maximum absolute atomic E-state index is 11.2. The predicted octanol–water partition coefficient (Wildman–Crippen LogP) is 18.4. The molecular weight excluding hydrogens is 1330 g/mol. The molecule has 0 aromatic heterocycles. The first-order chi connectivity index (χ1) is 37.1. The molecule has 4 aliphatic rings. The van der Waals surface area contributed by atoms with Gasteiger partial charge in [0.1, 0.15) is 34.5 Å². The fraction of sp³-hybridized carbons (Fsp3) is 0.339. The molecule has 0 aliphatic heterocycles. The molecule has 0 unspecified atom stereocenters. The number of benzene rings is 6. The molecule has 408 valence electrons. The number of methoxy groups -OCH3 is 3. The zero-order chi connectivity index (χ0) is 56.4. The van der Waals surface area contributed by atoms with Crippen molar-refractivity contribution < 1.29 is 92.1 Å². The summed E-state index contributed by atoms with van der Waals surface area (Å²) in [6.07, 6.45) is 15.0. The summed E-state index contributed by atoms with van der Waals surface area (Å²) in [5, 5.41) is 31.9. The average Bonchev–Trinajstić information content (AvgIpc) is 3.43. The van der Waals surface area contributed by atoms with E-state index >= 15 is 0 Å². The number of hydrogen-bond acceptors (Lipinski definition) is 9. The Morgan fingerprint density at radius 3 is 1.23 bits per heavy atom. The van der Waals surface area contributed by atoms with Crippen molar-refractivity contribution in [1.29, 1.82) is 0 Å². The summed E-state index contributed by atoms with van der Waals surface area (Å²) in [5.41, 5.74) is 7.42. The molecule has 9 nitrogen and oxygen atoms in total. The third-order valence-corrected chi connectivity index (χ3v) is 13.8. The van der Waals surface area contributed by atoms with Gasteiger partial charge in [-0.25, -0.2) is 0 Å². The number of aryl methyl sites for hydroxylation is 1. The second-order valence-electron chi connectivity index (χ2n) is 19.4. The van der Waals surface area contributed by atoms with E-state index in [-0.39, 0.29) is 22.3 Å². The molecule has 10 rings (SSSR count). The van der Waals surface area contributed by atoms with E-state index in [1.165, 1.54) is 38.5 Å². The van der Waals surface area contributed by atoms with E-state index in [4.69, 9.17) is 65.3 Å². The molecule has 4 aliphatic carbocycles. The summed E-state index contributed by atoms with van der Waals surface area (Å²) in [7, 11) is 34.5. The monoisotopic (exact) mass is 1390 g/mol. The zero-order valence-electron chi connectivity index (χ0n) is 44.4. The third kappa shape index (κ3) is 21.1. The number of phenolic OH excluding ortho intramolecular Hbond substituents is 3. The van der Waals surface area contributed by atoms with E-state index in [1.807, 2.05) is 116 Å². The van der Waals surface area contributed by atoms with E-state index < -0.39 is 62.5 Å². The normalized spacial score (nSPS) is 17.6. The van der Waals surface area contributed by atoms with Crippen LogP contribution in [0.4, 0.5) is 17.1 Å². The molecule has 0 amide bonds. The van der Waals surface area contributed by atoms with Crippen LogP contribution in [0, 0.1) is 24.7 Å². The molecule has 0 radical (unpaired) electrons. The Hall–Kier alpha value is -2.48. The van der Waals surface area contributed by atoms with Gasteiger partial charge in [-0.3, -0.25) is 15.0 Å². The van der Waals surface area contributed by atoms with Crippen molar-refractivity contribution in [3.63, 3.8) is 0 Å². The second kappa shape index (κ2) is 35.4. The number of rotatable bonds is 13. The van der Waals surface area contributed by atoms with Crippen LogP contribution in [0.25, 0.3) is 0 Å². The second-order valence-corrected chi connectivity index (χ2v) is 30.6. The van der Waals surface area contributed by atoms with E-state index in [1.54, 1.807) is 52.1 Å². The Morgan fingerprint density at radius 2 is 0.870 bits per heavy atom. The molecule has 77 heavy (non-hydrogen) atoms. The minimum absolute atomic E-state index is 0.122. The molecule has 0 atom stereocenters. The summed E-state index contributed by atoms with van der Waals surface area (Å²) >= 11 is -2.48. The standard InChI is InChI=1S/C24H27NO2.C20H25NO2.C15H15NO2.6ClH.3Zr/c1-27-21-10-19(15-25-20-5-3-2-4-6-20)23(26)22(11-21)24-12-16-7-17(13-24)9-18(8-16)14-24;1-5-11-20(2,3)18-13-17(23-4)12-15(19(18)22)14-21-16-9-7-6-8-10-16;1-11-8-14(18-2)9-12(15(11)17)10-16-13-6-4-3-5-7-13;;;;;;;;;/h2-6,10-11,15-18,26H,7-9,12-14H2,1H3;6-10,12-14,22H,5,11H2,1-4H3;3-10,17H,1-2H3;6*1H;;;/q;;;;;;;;;3*+2/p-6. The van der Waals surface area contributed by atoms with Gasteiger partial charge in [0.2, 0.25) is 0 Å². The third-order valence-electron chi connectivity index (χ3n) is 13.8. The molecule has 0 heterocycles. The molecular formula is C59H67Cl6N3O6Zr3. The van der Waals surface area contributed by atoms with Gasteiger partial charge in [0.15, 0.2) is 0 Å². The van der Waals surface area contributed by atoms with Crippen LogP contribution < -0.4 is 14.2 Å². The first-order valence-electron chi connectivity index (χ1n) is 24.9. The van der Waals surface area contributed by atoms with Crippen LogP contribution in [-0.4, -0.2) is 55.3 Å². The van der Waals surface area contributed by atoms with Gasteiger partial charge in [0.25, 0.3) is 0 Å². The van der Waals surface area contributed by atoms with Gasteiger partial charge in [-0.15, -0.1) is 0 Å². The van der Waals surface area contributed by atoms with Gasteiger partial charge in [0, 0.05) is 46.5 Å². The SMILES string of the molecule is CCCC(C)(C)c1cc(OC)cc(C=Nc2ccccc2)c1O.COc1cc(C)c(O)c(C=Nc2ccccc2)c1.COc1cc(C=Nc2ccccc2)c(O)c(C23CC4CC(CC(C4)C2)C3)c1.[Cl][Zr][Cl].[Cl][Zr][Cl].[Cl][Zr][Cl]. The summed E-state index contributed by atoms with van der Waals surface area (Å²) in [4.78, 5) is 13.3. The topological polar surface area (TPSA) is 125 Å². The Bertz CT molecular complexity index is 2760. The van der Waals surface area contributed by atoms with Gasteiger partial charge < -0.3 is 29.5 Å². The Morgan fingerprint density at radius 1 is 0.532 bits per heavy atom. The molecule has 6 aromatic carbocycles. The number of para-hydroxylation sites is 3. The molecule has 6 aromatic rings. The van der Waals surface area contributed by atoms with Crippen molar-refractivity contribution >= 4 is 86.8 Å². The van der Waals surface area contributed by atoms with Crippen molar-refractivity contribution in [1.82, 2.24) is 0 Å². The molecule has 4 bridgehead atoms. The average molecular weight is 1400 g/mol. The summed E-state index contributed by atoms with van der Waals surface area (Å²) < 4.78 is 16.2. The maximum atomic E-state index is 11.2. The van der Waals surface area contributed by atoms with Crippen LogP contribution in [0.5, 0.6) is 34.5 Å². The number of hydrogen-bond donors (Lipinski definition) is 3. The van der Waals surface area contributed by atoms with Gasteiger partial charge in [-0.05, 0) is 159 Å². The molecule has 0 spiro atoms. The van der Waals surface area contributed by atoms with E-state index in [0.717, 1.165) is 81.4 Å². The summed E-state index contributed by atoms with van der Waals surface area (Å²) in [6.45, 7) is 8.26. The fourth-order valence-electron chi connectivity index (χ4n) is 10.8. The van der Waals surface area contributed by atoms with Crippen LogP contribution >= 0.6 is 51.1 Å². The number of halogens is 6. The fourth-order valence-corrected chi connectivity index (χ4v) is 10.8. The molecule has 4 fully saturated rings. The van der Waals surface area contributed by atoms with Crippen LogP contribution in [0.3, 0.4) is 0 Å². The Balaban J connectivity index is 0.000000235. The minimum atomic E-state index is -0.826. The number of aliphatic imine (C=N–C) groups is 3. The first kappa shape index (κ1) is 67.0. The van der Waals surface area contributed by atoms with Crippen molar-refractivity contribution in [2.24, 2.45) is 32.7 Å².